The zero-order valence-electron chi connectivity index (χ0n) is 13.8. The zero-order valence-corrected chi connectivity index (χ0v) is 15.4. The lowest BCUT2D eigenvalue weighted by atomic mass is 10.2. The summed E-state index contributed by atoms with van der Waals surface area (Å²) in [5, 5.41) is 14.3. The molecule has 0 aliphatic heterocycles. The van der Waals surface area contributed by atoms with E-state index in [1.807, 2.05) is 0 Å². The molecule has 0 saturated carbocycles. The first kappa shape index (κ1) is 19.5. The molecule has 9 heteroatoms. The molecule has 0 unspecified atom stereocenters. The number of benzene rings is 2. The first-order valence-electron chi connectivity index (χ1n) is 7.22. The molecule has 2 aromatic rings. The largest absolute Gasteiger partial charge is 0.497 e. The summed E-state index contributed by atoms with van der Waals surface area (Å²) >= 11 is 11.0. The van der Waals surface area contributed by atoms with Gasteiger partial charge in [0.25, 0.3) is 5.91 Å². The third-order valence-electron chi connectivity index (χ3n) is 3.30. The molecular formula is C17H15ClN2O5S. The van der Waals surface area contributed by atoms with Crippen LogP contribution in [0.4, 0.5) is 5.69 Å². The lowest BCUT2D eigenvalue weighted by molar-refractivity contribution is 0.0697. The second-order valence-electron chi connectivity index (χ2n) is 5.01. The molecule has 7 nitrogen and oxygen atoms in total. The summed E-state index contributed by atoms with van der Waals surface area (Å²) in [5.41, 5.74) is 0.703. The van der Waals surface area contributed by atoms with E-state index in [2.05, 4.69) is 10.6 Å². The third kappa shape index (κ3) is 4.84. The van der Waals surface area contributed by atoms with Crippen LogP contribution in [0.15, 0.2) is 36.4 Å². The number of rotatable bonds is 5. The molecule has 2 rings (SSSR count). The van der Waals surface area contributed by atoms with Gasteiger partial charge in [0, 0.05) is 17.3 Å². The molecule has 3 N–H and O–H groups in total. The van der Waals surface area contributed by atoms with Crippen molar-refractivity contribution in [2.75, 3.05) is 19.5 Å². The maximum absolute atomic E-state index is 12.3. The summed E-state index contributed by atoms with van der Waals surface area (Å²) in [5.74, 6) is -0.675. The van der Waals surface area contributed by atoms with Crippen molar-refractivity contribution >= 4 is 46.5 Å². The maximum Gasteiger partial charge on any atom is 0.337 e. The van der Waals surface area contributed by atoms with Crippen LogP contribution in [0.3, 0.4) is 0 Å². The van der Waals surface area contributed by atoms with Crippen molar-refractivity contribution in [3.05, 3.63) is 52.5 Å². The summed E-state index contributed by atoms with van der Waals surface area (Å²) in [4.78, 5) is 23.3. The van der Waals surface area contributed by atoms with Gasteiger partial charge in [0.2, 0.25) is 0 Å². The minimum atomic E-state index is -1.13. The number of ether oxygens (including phenoxy) is 2. The molecule has 0 fully saturated rings. The van der Waals surface area contributed by atoms with Crippen LogP contribution < -0.4 is 20.1 Å². The van der Waals surface area contributed by atoms with E-state index in [-0.39, 0.29) is 15.7 Å². The van der Waals surface area contributed by atoms with E-state index in [1.54, 1.807) is 18.2 Å². The molecule has 2 aromatic carbocycles. The lowest BCUT2D eigenvalue weighted by Gasteiger charge is -2.12. The van der Waals surface area contributed by atoms with Crippen LogP contribution in [0.1, 0.15) is 20.7 Å². The molecule has 0 spiro atoms. The Balaban J connectivity index is 2.09. The van der Waals surface area contributed by atoms with Gasteiger partial charge in [-0.05, 0) is 42.5 Å². The van der Waals surface area contributed by atoms with Crippen LogP contribution in [0.2, 0.25) is 5.02 Å². The number of halogens is 1. The molecule has 0 aliphatic rings. The van der Waals surface area contributed by atoms with E-state index >= 15 is 0 Å². The van der Waals surface area contributed by atoms with E-state index in [4.69, 9.17) is 38.4 Å². The van der Waals surface area contributed by atoms with Crippen molar-refractivity contribution in [1.29, 1.82) is 0 Å². The number of amides is 1. The van der Waals surface area contributed by atoms with Gasteiger partial charge in [0.1, 0.15) is 11.5 Å². The van der Waals surface area contributed by atoms with Gasteiger partial charge in [0.15, 0.2) is 5.11 Å². The molecule has 0 aromatic heterocycles. The van der Waals surface area contributed by atoms with Crippen LogP contribution in [0, 0.1) is 0 Å². The highest BCUT2D eigenvalue weighted by Gasteiger charge is 2.13. The second-order valence-corrected chi connectivity index (χ2v) is 5.82. The second kappa shape index (κ2) is 8.50. The van der Waals surface area contributed by atoms with Crippen LogP contribution in [-0.4, -0.2) is 36.3 Å². The van der Waals surface area contributed by atoms with Gasteiger partial charge in [-0.3, -0.25) is 10.1 Å². The van der Waals surface area contributed by atoms with Crippen LogP contribution >= 0.6 is 23.8 Å². The highest BCUT2D eigenvalue weighted by atomic mass is 35.5. The van der Waals surface area contributed by atoms with Crippen LogP contribution in [-0.2, 0) is 0 Å². The maximum atomic E-state index is 12.3. The molecule has 26 heavy (non-hydrogen) atoms. The highest BCUT2D eigenvalue weighted by Crippen LogP contribution is 2.23. The van der Waals surface area contributed by atoms with Gasteiger partial charge in [-0.2, -0.15) is 0 Å². The van der Waals surface area contributed by atoms with Gasteiger partial charge in [0.05, 0.1) is 24.8 Å². The number of thiocarbonyl (C=S) groups is 1. The Hall–Kier alpha value is -2.84. The first-order chi connectivity index (χ1) is 12.3. The van der Waals surface area contributed by atoms with Crippen molar-refractivity contribution in [2.24, 2.45) is 0 Å². The van der Waals surface area contributed by atoms with E-state index in [0.717, 1.165) is 0 Å². The average molecular weight is 395 g/mol. The molecule has 0 heterocycles. The first-order valence-corrected chi connectivity index (χ1v) is 8.01. The Morgan fingerprint density at radius 2 is 1.69 bits per heavy atom. The normalized spacial score (nSPS) is 9.96. The smallest absolute Gasteiger partial charge is 0.337 e. The van der Waals surface area contributed by atoms with Crippen LogP contribution in [0.5, 0.6) is 11.5 Å². The minimum absolute atomic E-state index is 0.0240. The fraction of sp³-hybridized carbons (Fsp3) is 0.118. The Bertz CT molecular complexity index is 850. The summed E-state index contributed by atoms with van der Waals surface area (Å²) in [6, 6.07) is 8.95. The molecule has 0 atom stereocenters. The van der Waals surface area contributed by atoms with Gasteiger partial charge in [-0.25, -0.2) is 4.79 Å². The highest BCUT2D eigenvalue weighted by molar-refractivity contribution is 7.80. The van der Waals surface area contributed by atoms with E-state index in [9.17, 15) is 9.59 Å². The topological polar surface area (TPSA) is 96.9 Å². The number of carbonyl (C=O) groups is 2. The fourth-order valence-electron chi connectivity index (χ4n) is 2.04. The van der Waals surface area contributed by atoms with E-state index in [1.165, 1.54) is 32.4 Å². The van der Waals surface area contributed by atoms with E-state index < -0.39 is 11.9 Å². The molecule has 0 bridgehead atoms. The third-order valence-corrected chi connectivity index (χ3v) is 3.81. The SMILES string of the molecule is COc1cc(OC)cc(C(=O)NC(=S)Nc2ccc(C(=O)O)c(Cl)c2)c1. The monoisotopic (exact) mass is 394 g/mol. The molecule has 136 valence electrons. The Labute approximate surface area is 159 Å². The quantitative estimate of drug-likeness (QED) is 0.670. The standard InChI is InChI=1S/C17H15ClN2O5S/c1-24-11-5-9(6-12(8-11)25-2)15(21)20-17(26)19-10-3-4-13(16(22)23)14(18)7-10/h3-8H,1-2H3,(H,22,23)(H2,19,20,21,26). The Kier molecular flexibility index (Phi) is 6.37. The lowest BCUT2D eigenvalue weighted by Crippen LogP contribution is -2.34. The number of hydrogen-bond acceptors (Lipinski definition) is 5. The molecule has 1 amide bonds. The Morgan fingerprint density at radius 1 is 1.08 bits per heavy atom. The number of aromatic carboxylic acids is 1. The fourth-order valence-corrected chi connectivity index (χ4v) is 2.51. The number of nitrogens with one attached hydrogen (secondary N) is 2. The van der Waals surface area contributed by atoms with Crippen molar-refractivity contribution in [2.45, 2.75) is 0 Å². The number of carbonyl (C=O) groups excluding carboxylic acids is 1. The summed E-state index contributed by atoms with van der Waals surface area (Å²) in [7, 11) is 2.96. The molecular weight excluding hydrogens is 380 g/mol. The number of methoxy groups -OCH3 is 2. The summed E-state index contributed by atoms with van der Waals surface area (Å²) < 4.78 is 10.2. The number of hydrogen-bond donors (Lipinski definition) is 3. The van der Waals surface area contributed by atoms with Crippen molar-refractivity contribution in [3.63, 3.8) is 0 Å². The number of carboxylic acid groups (broad SMARTS) is 1. The minimum Gasteiger partial charge on any atom is -0.497 e. The predicted octanol–water partition coefficient (Wildman–Crippen LogP) is 3.18. The van der Waals surface area contributed by atoms with Gasteiger partial charge in [-0.15, -0.1) is 0 Å². The Morgan fingerprint density at radius 3 is 2.19 bits per heavy atom. The van der Waals surface area contributed by atoms with E-state index in [0.29, 0.717) is 22.7 Å². The molecule has 0 radical (unpaired) electrons. The predicted molar refractivity (Wildman–Crippen MR) is 102 cm³/mol. The number of carboxylic acids is 1. The zero-order chi connectivity index (χ0) is 19.3. The van der Waals surface area contributed by atoms with Crippen molar-refractivity contribution in [3.8, 4) is 11.5 Å². The van der Waals surface area contributed by atoms with Crippen LogP contribution in [0.25, 0.3) is 0 Å². The van der Waals surface area contributed by atoms with Crippen molar-refractivity contribution < 1.29 is 24.2 Å². The average Bonchev–Trinajstić information content (AvgIpc) is 2.60. The van der Waals surface area contributed by atoms with Gasteiger partial charge in [-0.1, -0.05) is 11.6 Å². The summed E-state index contributed by atoms with van der Waals surface area (Å²) in [6.07, 6.45) is 0. The van der Waals surface area contributed by atoms with Gasteiger partial charge >= 0.3 is 5.97 Å². The van der Waals surface area contributed by atoms with Crippen molar-refractivity contribution in [1.82, 2.24) is 5.32 Å². The molecule has 0 aliphatic carbocycles. The number of anilines is 1. The van der Waals surface area contributed by atoms with Gasteiger partial charge < -0.3 is 19.9 Å². The molecule has 0 saturated heterocycles. The summed E-state index contributed by atoms with van der Waals surface area (Å²) in [6.45, 7) is 0.